The number of fused-ring (bicyclic) bond motifs is 7. The van der Waals surface area contributed by atoms with E-state index in [0.29, 0.717) is 5.82 Å². The van der Waals surface area contributed by atoms with E-state index in [0.717, 1.165) is 66.5 Å². The molecule has 9 aromatic carbocycles. The van der Waals surface area contributed by atoms with Gasteiger partial charge in [-0.25, -0.2) is 9.97 Å². The third-order valence-electron chi connectivity index (χ3n) is 12.8. The number of hydrogen-bond acceptors (Lipinski definition) is 3. The van der Waals surface area contributed by atoms with Crippen LogP contribution in [-0.2, 0) is 5.41 Å². The number of rotatable bonds is 6. The summed E-state index contributed by atoms with van der Waals surface area (Å²) in [7, 11) is 0. The summed E-state index contributed by atoms with van der Waals surface area (Å²) in [6, 6.07) is 75.8. The molecule has 0 fully saturated rings. The van der Waals surface area contributed by atoms with Crippen LogP contribution in [0.2, 0.25) is 0 Å². The molecular weight excluding hydrogens is 741 g/mol. The van der Waals surface area contributed by atoms with Crippen molar-refractivity contribution < 1.29 is 4.42 Å². The fourth-order valence-corrected chi connectivity index (χ4v) is 9.65. The van der Waals surface area contributed by atoms with Crippen LogP contribution in [0.15, 0.2) is 217 Å². The topological polar surface area (TPSA) is 38.9 Å². The number of furan rings is 1. The Hall–Kier alpha value is -7.88. The van der Waals surface area contributed by atoms with E-state index in [1.807, 2.05) is 18.2 Å². The molecule has 11 aromatic rings. The molecule has 2 aromatic heterocycles. The highest BCUT2D eigenvalue weighted by Crippen LogP contribution is 2.55. The molecule has 286 valence electrons. The van der Waals surface area contributed by atoms with E-state index in [9.17, 15) is 0 Å². The van der Waals surface area contributed by atoms with Crippen molar-refractivity contribution in [3.8, 4) is 67.3 Å². The van der Waals surface area contributed by atoms with Crippen LogP contribution < -0.4 is 0 Å². The molecule has 1 atom stereocenters. The normalized spacial score (nSPS) is 14.4. The van der Waals surface area contributed by atoms with Gasteiger partial charge in [0.25, 0.3) is 0 Å². The highest BCUT2D eigenvalue weighted by molar-refractivity contribution is 6.11. The van der Waals surface area contributed by atoms with Crippen molar-refractivity contribution in [3.05, 3.63) is 229 Å². The van der Waals surface area contributed by atoms with Crippen molar-refractivity contribution >= 4 is 32.7 Å². The SMILES string of the molecule is CC1(c2ccccc2)c2ccccc2-c2c(-c3cc(-c4cccc(-c5ccc6oc7cc8ccc(-c9ccccc9)cc8cc7c6c5)c4)nc(-c4ccccc4)n3)cccc21. The maximum Gasteiger partial charge on any atom is 0.160 e. The van der Waals surface area contributed by atoms with Crippen LogP contribution in [0.1, 0.15) is 23.6 Å². The van der Waals surface area contributed by atoms with Crippen LogP contribution in [0.25, 0.3) is 100.0 Å². The third-order valence-corrected chi connectivity index (χ3v) is 12.8. The molecule has 0 saturated carbocycles. The molecular formula is C58H38N2O. The lowest BCUT2D eigenvalue weighted by Gasteiger charge is -2.28. The first-order valence-corrected chi connectivity index (χ1v) is 20.9. The van der Waals surface area contributed by atoms with Crippen LogP contribution in [0.5, 0.6) is 0 Å². The Kier molecular flexibility index (Phi) is 7.98. The Balaban J connectivity index is 0.989. The Morgan fingerprint density at radius 3 is 1.82 bits per heavy atom. The van der Waals surface area contributed by atoms with Crippen LogP contribution >= 0.6 is 0 Å². The quantitative estimate of drug-likeness (QED) is 0.169. The minimum Gasteiger partial charge on any atom is -0.456 e. The number of hydrogen-bond donors (Lipinski definition) is 0. The molecule has 1 unspecified atom stereocenters. The molecule has 3 heteroatoms. The molecule has 0 spiro atoms. The van der Waals surface area contributed by atoms with Crippen LogP contribution in [0, 0.1) is 0 Å². The zero-order valence-corrected chi connectivity index (χ0v) is 33.5. The maximum atomic E-state index is 6.44. The first-order chi connectivity index (χ1) is 30.1. The van der Waals surface area contributed by atoms with Crippen molar-refractivity contribution in [3.63, 3.8) is 0 Å². The van der Waals surface area contributed by atoms with Gasteiger partial charge in [-0.3, -0.25) is 0 Å². The molecule has 0 saturated heterocycles. The Bertz CT molecular complexity index is 3480. The van der Waals surface area contributed by atoms with Crippen LogP contribution in [0.3, 0.4) is 0 Å². The summed E-state index contributed by atoms with van der Waals surface area (Å²) in [6.45, 7) is 2.36. The van der Waals surface area contributed by atoms with E-state index in [4.69, 9.17) is 14.4 Å². The first kappa shape index (κ1) is 35.1. The fourth-order valence-electron chi connectivity index (χ4n) is 9.65. The highest BCUT2D eigenvalue weighted by Gasteiger charge is 2.41. The standard InChI is InChI=1S/C58H38N2O/c1-58(45-21-9-4-10-22-45)50-25-12-11-23-46(50)56-47(24-14-26-51(56)58)53-36-52(59-57(60-53)38-17-7-3-8-18-38)43-20-13-19-39(31-43)41-29-30-54-48(33-41)49-34-44-32-40(37-15-5-2-6-16-37)27-28-42(44)35-55(49)61-54/h2-36H,1H3. The summed E-state index contributed by atoms with van der Waals surface area (Å²) in [5.41, 5.74) is 17.3. The molecule has 0 aliphatic heterocycles. The number of benzene rings is 9. The lowest BCUT2D eigenvalue weighted by Crippen LogP contribution is -2.22. The second kappa shape index (κ2) is 13.9. The van der Waals surface area contributed by atoms with Crippen LogP contribution in [-0.4, -0.2) is 9.97 Å². The van der Waals surface area contributed by atoms with Gasteiger partial charge in [0, 0.05) is 32.9 Å². The largest absolute Gasteiger partial charge is 0.456 e. The monoisotopic (exact) mass is 778 g/mol. The van der Waals surface area contributed by atoms with Crippen LogP contribution in [0.4, 0.5) is 0 Å². The van der Waals surface area contributed by atoms with Gasteiger partial charge in [0.05, 0.1) is 11.4 Å². The predicted octanol–water partition coefficient (Wildman–Crippen LogP) is 15.2. The summed E-state index contributed by atoms with van der Waals surface area (Å²) in [4.78, 5) is 10.6. The summed E-state index contributed by atoms with van der Waals surface area (Å²) >= 11 is 0. The molecule has 0 N–H and O–H groups in total. The van der Waals surface area contributed by atoms with Gasteiger partial charge in [-0.05, 0) is 110 Å². The smallest absolute Gasteiger partial charge is 0.160 e. The van der Waals surface area contributed by atoms with E-state index in [-0.39, 0.29) is 5.41 Å². The summed E-state index contributed by atoms with van der Waals surface area (Å²) in [5.74, 6) is 0.696. The lowest BCUT2D eigenvalue weighted by molar-refractivity contribution is 0.669. The molecule has 2 heterocycles. The Morgan fingerprint density at radius 2 is 0.984 bits per heavy atom. The number of nitrogens with zero attached hydrogens (tertiary/aromatic N) is 2. The van der Waals surface area contributed by atoms with E-state index in [1.165, 1.54) is 44.3 Å². The molecule has 3 nitrogen and oxygen atoms in total. The Morgan fingerprint density at radius 1 is 0.377 bits per heavy atom. The van der Waals surface area contributed by atoms with Crippen molar-refractivity contribution in [1.29, 1.82) is 0 Å². The van der Waals surface area contributed by atoms with Gasteiger partial charge >= 0.3 is 0 Å². The van der Waals surface area contributed by atoms with Crippen molar-refractivity contribution in [2.45, 2.75) is 12.3 Å². The van der Waals surface area contributed by atoms with Gasteiger partial charge in [-0.1, -0.05) is 170 Å². The van der Waals surface area contributed by atoms with Gasteiger partial charge in [-0.15, -0.1) is 0 Å². The van der Waals surface area contributed by atoms with Gasteiger partial charge in [0.15, 0.2) is 5.82 Å². The van der Waals surface area contributed by atoms with Crippen molar-refractivity contribution in [2.24, 2.45) is 0 Å². The molecule has 0 bridgehead atoms. The summed E-state index contributed by atoms with van der Waals surface area (Å²) in [5, 5.41) is 4.56. The summed E-state index contributed by atoms with van der Waals surface area (Å²) < 4.78 is 6.44. The molecule has 1 aliphatic rings. The highest BCUT2D eigenvalue weighted by atomic mass is 16.3. The third kappa shape index (κ3) is 5.73. The van der Waals surface area contributed by atoms with Gasteiger partial charge in [-0.2, -0.15) is 0 Å². The predicted molar refractivity (Wildman–Crippen MR) is 251 cm³/mol. The fraction of sp³-hybridized carbons (Fsp3) is 0.0345. The molecule has 0 radical (unpaired) electrons. The van der Waals surface area contributed by atoms with Gasteiger partial charge in [0.1, 0.15) is 11.2 Å². The van der Waals surface area contributed by atoms with E-state index in [2.05, 4.69) is 201 Å². The van der Waals surface area contributed by atoms with Crippen molar-refractivity contribution in [1.82, 2.24) is 9.97 Å². The molecule has 1 aliphatic carbocycles. The Labute approximate surface area is 354 Å². The van der Waals surface area contributed by atoms with Crippen molar-refractivity contribution in [2.75, 3.05) is 0 Å². The van der Waals surface area contributed by atoms with E-state index < -0.39 is 0 Å². The summed E-state index contributed by atoms with van der Waals surface area (Å²) in [6.07, 6.45) is 0. The van der Waals surface area contributed by atoms with E-state index in [1.54, 1.807) is 0 Å². The van der Waals surface area contributed by atoms with Gasteiger partial charge < -0.3 is 4.42 Å². The average Bonchev–Trinajstić information content (AvgIpc) is 3.83. The van der Waals surface area contributed by atoms with Gasteiger partial charge in [0.2, 0.25) is 0 Å². The molecule has 61 heavy (non-hydrogen) atoms. The average molecular weight is 779 g/mol. The minimum atomic E-state index is -0.310. The van der Waals surface area contributed by atoms with E-state index >= 15 is 0 Å². The molecule has 12 rings (SSSR count). The first-order valence-electron chi connectivity index (χ1n) is 20.9. The second-order valence-electron chi connectivity index (χ2n) is 16.3. The minimum absolute atomic E-state index is 0.310. The maximum absolute atomic E-state index is 6.44. The zero-order valence-electron chi connectivity index (χ0n) is 33.5. The molecule has 0 amide bonds. The second-order valence-corrected chi connectivity index (χ2v) is 16.3. The lowest BCUT2D eigenvalue weighted by atomic mass is 9.74. The number of aromatic nitrogens is 2. The zero-order chi connectivity index (χ0) is 40.5.